The van der Waals surface area contributed by atoms with Gasteiger partial charge < -0.3 is 4.52 Å². The highest BCUT2D eigenvalue weighted by Gasteiger charge is 1.82. The van der Waals surface area contributed by atoms with Crippen LogP contribution in [0.4, 0.5) is 0 Å². The van der Waals surface area contributed by atoms with Crippen LogP contribution in [0.1, 0.15) is 26.2 Å². The summed E-state index contributed by atoms with van der Waals surface area (Å²) in [6, 6.07) is 0. The Labute approximate surface area is 71.8 Å². The lowest BCUT2D eigenvalue weighted by molar-refractivity contribution is 0.358. The molecule has 0 bridgehead atoms. The van der Waals surface area contributed by atoms with E-state index in [-0.39, 0.29) is 0 Å². The van der Waals surface area contributed by atoms with Crippen LogP contribution in [-0.4, -0.2) is 6.61 Å². The molecule has 11 heavy (non-hydrogen) atoms. The van der Waals surface area contributed by atoms with Gasteiger partial charge in [0.25, 0.3) is 0 Å². The van der Waals surface area contributed by atoms with Crippen LogP contribution in [0.5, 0.6) is 0 Å². The van der Waals surface area contributed by atoms with Crippen molar-refractivity contribution in [3.8, 4) is 0 Å². The van der Waals surface area contributed by atoms with E-state index >= 15 is 0 Å². The van der Waals surface area contributed by atoms with Gasteiger partial charge in [-0.15, -0.1) is 0 Å². The Balaban J connectivity index is 3.01. The SMILES string of the molecule is C/C=C\C=C/CCCCOP. The molecule has 0 aliphatic heterocycles. The Morgan fingerprint density at radius 1 is 1.27 bits per heavy atom. The first-order valence-electron chi connectivity index (χ1n) is 4.01. The zero-order valence-electron chi connectivity index (χ0n) is 7.12. The Morgan fingerprint density at radius 3 is 2.73 bits per heavy atom. The van der Waals surface area contributed by atoms with Crippen LogP contribution in [0.25, 0.3) is 0 Å². The summed E-state index contributed by atoms with van der Waals surface area (Å²) in [5.41, 5.74) is 0. The Hall–Kier alpha value is -0.130. The molecular formula is C9H17OP. The highest BCUT2D eigenvalue weighted by atomic mass is 31.0. The van der Waals surface area contributed by atoms with Gasteiger partial charge in [-0.05, 0) is 26.2 Å². The fraction of sp³-hybridized carbons (Fsp3) is 0.556. The third kappa shape index (κ3) is 9.87. The predicted molar refractivity (Wildman–Crippen MR) is 53.5 cm³/mol. The summed E-state index contributed by atoms with van der Waals surface area (Å²) < 4.78 is 4.85. The van der Waals surface area contributed by atoms with Crippen molar-refractivity contribution >= 4 is 9.47 Å². The Bertz CT molecular complexity index is 119. The molecule has 0 aliphatic carbocycles. The van der Waals surface area contributed by atoms with Crippen molar-refractivity contribution in [3.63, 3.8) is 0 Å². The van der Waals surface area contributed by atoms with Gasteiger partial charge >= 0.3 is 0 Å². The van der Waals surface area contributed by atoms with E-state index in [9.17, 15) is 0 Å². The lowest BCUT2D eigenvalue weighted by Crippen LogP contribution is -1.81. The van der Waals surface area contributed by atoms with E-state index in [0.29, 0.717) is 0 Å². The molecule has 0 N–H and O–H groups in total. The minimum atomic E-state index is 0.849. The van der Waals surface area contributed by atoms with Crippen molar-refractivity contribution in [2.75, 3.05) is 6.61 Å². The van der Waals surface area contributed by atoms with Gasteiger partial charge in [0.1, 0.15) is 0 Å². The molecule has 0 saturated carbocycles. The molecule has 0 heterocycles. The zero-order chi connectivity index (χ0) is 8.36. The van der Waals surface area contributed by atoms with Gasteiger partial charge in [-0.3, -0.25) is 0 Å². The lowest BCUT2D eigenvalue weighted by Gasteiger charge is -1.94. The van der Waals surface area contributed by atoms with Crippen molar-refractivity contribution < 1.29 is 4.52 Å². The fourth-order valence-electron chi connectivity index (χ4n) is 0.733. The maximum atomic E-state index is 4.85. The molecule has 0 fully saturated rings. The Kier molecular flexibility index (Phi) is 9.75. The molecule has 0 aromatic heterocycles. The van der Waals surface area contributed by atoms with E-state index in [2.05, 4.69) is 21.6 Å². The average molecular weight is 172 g/mol. The second-order valence-electron chi connectivity index (χ2n) is 2.32. The average Bonchev–Trinajstić information content (AvgIpc) is 2.03. The molecule has 1 nitrogen and oxygen atoms in total. The summed E-state index contributed by atoms with van der Waals surface area (Å²) in [5.74, 6) is 0. The molecule has 1 unspecified atom stereocenters. The maximum Gasteiger partial charge on any atom is 0.0502 e. The first-order chi connectivity index (χ1) is 5.41. The minimum absolute atomic E-state index is 0.849. The fourth-order valence-corrected chi connectivity index (χ4v) is 0.900. The molecule has 2 heteroatoms. The summed E-state index contributed by atoms with van der Waals surface area (Å²) in [4.78, 5) is 0. The number of rotatable bonds is 6. The third-order valence-corrected chi connectivity index (χ3v) is 1.56. The predicted octanol–water partition coefficient (Wildman–Crippen LogP) is 3.10. The van der Waals surface area contributed by atoms with Crippen LogP contribution < -0.4 is 0 Å². The lowest BCUT2D eigenvalue weighted by atomic mass is 10.2. The van der Waals surface area contributed by atoms with E-state index in [0.717, 1.165) is 19.4 Å². The van der Waals surface area contributed by atoms with Crippen molar-refractivity contribution in [3.05, 3.63) is 24.3 Å². The number of hydrogen-bond donors (Lipinski definition) is 0. The third-order valence-electron chi connectivity index (χ3n) is 1.32. The van der Waals surface area contributed by atoms with Gasteiger partial charge in [0, 0.05) is 9.47 Å². The van der Waals surface area contributed by atoms with E-state index in [1.807, 2.05) is 19.1 Å². The second-order valence-corrected chi connectivity index (χ2v) is 2.65. The highest BCUT2D eigenvalue weighted by molar-refractivity contribution is 7.09. The van der Waals surface area contributed by atoms with E-state index in [1.54, 1.807) is 0 Å². The molecule has 0 rings (SSSR count). The molecule has 0 radical (unpaired) electrons. The molecule has 64 valence electrons. The molecule has 0 saturated heterocycles. The molecule has 0 aliphatic rings. The largest absolute Gasteiger partial charge is 0.366 e. The topological polar surface area (TPSA) is 9.23 Å². The molecule has 0 spiro atoms. The van der Waals surface area contributed by atoms with Crippen molar-refractivity contribution in [1.29, 1.82) is 0 Å². The number of allylic oxidation sites excluding steroid dienone is 4. The normalized spacial score (nSPS) is 11.8. The van der Waals surface area contributed by atoms with Crippen LogP contribution in [0.15, 0.2) is 24.3 Å². The maximum absolute atomic E-state index is 4.85. The smallest absolute Gasteiger partial charge is 0.0502 e. The number of unbranched alkanes of at least 4 members (excludes halogenated alkanes) is 2. The summed E-state index contributed by atoms with van der Waals surface area (Å²) in [6.07, 6.45) is 11.9. The van der Waals surface area contributed by atoms with Crippen LogP contribution in [0.3, 0.4) is 0 Å². The van der Waals surface area contributed by atoms with E-state index in [1.165, 1.54) is 6.42 Å². The monoisotopic (exact) mass is 172 g/mol. The van der Waals surface area contributed by atoms with Crippen LogP contribution >= 0.6 is 9.47 Å². The first-order valence-corrected chi connectivity index (χ1v) is 4.48. The highest BCUT2D eigenvalue weighted by Crippen LogP contribution is 1.98. The summed E-state index contributed by atoms with van der Waals surface area (Å²) in [6.45, 7) is 2.87. The van der Waals surface area contributed by atoms with E-state index in [4.69, 9.17) is 4.52 Å². The summed E-state index contributed by atoms with van der Waals surface area (Å²) >= 11 is 0. The van der Waals surface area contributed by atoms with Crippen LogP contribution in [0.2, 0.25) is 0 Å². The van der Waals surface area contributed by atoms with Crippen molar-refractivity contribution in [2.45, 2.75) is 26.2 Å². The van der Waals surface area contributed by atoms with Gasteiger partial charge in [0.2, 0.25) is 0 Å². The summed E-state index contributed by atoms with van der Waals surface area (Å²) in [7, 11) is 2.27. The van der Waals surface area contributed by atoms with Crippen LogP contribution in [0, 0.1) is 0 Å². The van der Waals surface area contributed by atoms with Crippen LogP contribution in [-0.2, 0) is 4.52 Å². The standard InChI is InChI=1S/C9H17OP/c1-2-3-4-5-6-7-8-9-10-11/h2-5H,6-9,11H2,1H3/b3-2-,5-4-. The van der Waals surface area contributed by atoms with Gasteiger partial charge in [-0.2, -0.15) is 0 Å². The van der Waals surface area contributed by atoms with Gasteiger partial charge in [-0.25, -0.2) is 0 Å². The molecule has 1 atom stereocenters. The van der Waals surface area contributed by atoms with Gasteiger partial charge in [0.15, 0.2) is 0 Å². The quantitative estimate of drug-likeness (QED) is 0.340. The molecule has 0 aromatic rings. The first kappa shape index (κ1) is 10.9. The Morgan fingerprint density at radius 2 is 2.09 bits per heavy atom. The zero-order valence-corrected chi connectivity index (χ0v) is 8.28. The van der Waals surface area contributed by atoms with Gasteiger partial charge in [0.05, 0.1) is 6.61 Å². The second kappa shape index (κ2) is 9.87. The molecule has 0 aromatic carbocycles. The molecular weight excluding hydrogens is 155 g/mol. The summed E-state index contributed by atoms with van der Waals surface area (Å²) in [5, 5.41) is 0. The van der Waals surface area contributed by atoms with Gasteiger partial charge in [-0.1, -0.05) is 24.3 Å². The minimum Gasteiger partial charge on any atom is -0.366 e. The van der Waals surface area contributed by atoms with Crippen molar-refractivity contribution in [2.24, 2.45) is 0 Å². The number of hydrogen-bond acceptors (Lipinski definition) is 1. The van der Waals surface area contributed by atoms with Crippen molar-refractivity contribution in [1.82, 2.24) is 0 Å². The van der Waals surface area contributed by atoms with E-state index < -0.39 is 0 Å². The molecule has 0 amide bonds.